The Hall–Kier alpha value is -0.0800. The quantitative estimate of drug-likeness (QED) is 0.611. The van der Waals surface area contributed by atoms with E-state index < -0.39 is 0 Å². The molecule has 60 valence electrons. The van der Waals surface area contributed by atoms with E-state index in [2.05, 4.69) is 5.32 Å². The van der Waals surface area contributed by atoms with Gasteiger partial charge in [-0.15, -0.1) is 0 Å². The second-order valence-electron chi connectivity index (χ2n) is 3.08. The first kappa shape index (κ1) is 8.02. The molecule has 2 heteroatoms. The second kappa shape index (κ2) is 4.69. The van der Waals surface area contributed by atoms with E-state index in [0.29, 0.717) is 6.61 Å². The molecular formula is C8H17NO. The van der Waals surface area contributed by atoms with Crippen molar-refractivity contribution in [1.29, 1.82) is 0 Å². The van der Waals surface area contributed by atoms with Gasteiger partial charge in [-0.3, -0.25) is 0 Å². The molecule has 0 spiro atoms. The summed E-state index contributed by atoms with van der Waals surface area (Å²) in [6, 6.07) is 0. The Labute approximate surface area is 62.6 Å². The fourth-order valence-corrected chi connectivity index (χ4v) is 1.55. The molecule has 1 aliphatic heterocycles. The summed E-state index contributed by atoms with van der Waals surface area (Å²) in [6.07, 6.45) is 4.85. The largest absolute Gasteiger partial charge is 0.396 e. The number of hydrogen-bond donors (Lipinski definition) is 2. The zero-order valence-electron chi connectivity index (χ0n) is 6.47. The molecular weight excluding hydrogens is 126 g/mol. The van der Waals surface area contributed by atoms with E-state index in [1.54, 1.807) is 0 Å². The highest BCUT2D eigenvalue weighted by Crippen LogP contribution is 2.14. The topological polar surface area (TPSA) is 32.3 Å². The van der Waals surface area contributed by atoms with Crippen molar-refractivity contribution in [3.8, 4) is 0 Å². The summed E-state index contributed by atoms with van der Waals surface area (Å²) < 4.78 is 0. The van der Waals surface area contributed by atoms with E-state index in [1.807, 2.05) is 0 Å². The van der Waals surface area contributed by atoms with Crippen LogP contribution in [0.2, 0.25) is 0 Å². The van der Waals surface area contributed by atoms with Crippen LogP contribution in [0.25, 0.3) is 0 Å². The molecule has 1 fully saturated rings. The van der Waals surface area contributed by atoms with Crippen LogP contribution in [0.4, 0.5) is 0 Å². The normalized spacial score (nSPS) is 26.7. The Morgan fingerprint density at radius 3 is 3.00 bits per heavy atom. The van der Waals surface area contributed by atoms with Crippen LogP contribution in [0, 0.1) is 5.92 Å². The van der Waals surface area contributed by atoms with E-state index in [4.69, 9.17) is 5.11 Å². The molecule has 0 aromatic heterocycles. The van der Waals surface area contributed by atoms with Gasteiger partial charge in [0, 0.05) is 6.61 Å². The monoisotopic (exact) mass is 143 g/mol. The average Bonchev–Trinajstić information content (AvgIpc) is 2.03. The van der Waals surface area contributed by atoms with Crippen LogP contribution >= 0.6 is 0 Å². The van der Waals surface area contributed by atoms with Crippen molar-refractivity contribution < 1.29 is 5.11 Å². The lowest BCUT2D eigenvalue weighted by atomic mass is 9.95. The summed E-state index contributed by atoms with van der Waals surface area (Å²) in [7, 11) is 0. The molecule has 2 N–H and O–H groups in total. The van der Waals surface area contributed by atoms with Gasteiger partial charge in [0.25, 0.3) is 0 Å². The zero-order valence-corrected chi connectivity index (χ0v) is 6.47. The van der Waals surface area contributed by atoms with Gasteiger partial charge >= 0.3 is 0 Å². The summed E-state index contributed by atoms with van der Waals surface area (Å²) in [4.78, 5) is 0. The van der Waals surface area contributed by atoms with Crippen LogP contribution in [0.1, 0.15) is 25.7 Å². The third-order valence-electron chi connectivity index (χ3n) is 2.17. The molecule has 0 aromatic rings. The smallest absolute Gasteiger partial charge is 0.0431 e. The highest BCUT2D eigenvalue weighted by Gasteiger charge is 2.11. The maximum absolute atomic E-state index is 8.58. The lowest BCUT2D eigenvalue weighted by Gasteiger charge is -2.21. The van der Waals surface area contributed by atoms with Crippen LogP contribution in [0.5, 0.6) is 0 Å². The van der Waals surface area contributed by atoms with Crippen molar-refractivity contribution in [2.24, 2.45) is 5.92 Å². The first-order chi connectivity index (χ1) is 4.93. The fraction of sp³-hybridized carbons (Fsp3) is 1.00. The Morgan fingerprint density at radius 1 is 1.50 bits per heavy atom. The van der Waals surface area contributed by atoms with Crippen LogP contribution in [0.3, 0.4) is 0 Å². The number of hydrogen-bond acceptors (Lipinski definition) is 2. The highest BCUT2D eigenvalue weighted by molar-refractivity contribution is 4.68. The van der Waals surface area contributed by atoms with Gasteiger partial charge in [-0.1, -0.05) is 0 Å². The minimum Gasteiger partial charge on any atom is -0.396 e. The van der Waals surface area contributed by atoms with Gasteiger partial charge in [0.15, 0.2) is 0 Å². The third kappa shape index (κ3) is 2.67. The summed E-state index contributed by atoms with van der Waals surface area (Å²) >= 11 is 0. The maximum atomic E-state index is 8.58. The molecule has 1 aliphatic rings. The van der Waals surface area contributed by atoms with Gasteiger partial charge in [-0.25, -0.2) is 0 Å². The fourth-order valence-electron chi connectivity index (χ4n) is 1.55. The maximum Gasteiger partial charge on any atom is 0.0431 e. The van der Waals surface area contributed by atoms with E-state index in [9.17, 15) is 0 Å². The van der Waals surface area contributed by atoms with Crippen molar-refractivity contribution in [2.75, 3.05) is 19.7 Å². The van der Waals surface area contributed by atoms with Gasteiger partial charge in [0.05, 0.1) is 0 Å². The minimum absolute atomic E-state index is 0.358. The molecule has 1 atom stereocenters. The number of aliphatic hydroxyl groups excluding tert-OH is 1. The molecule has 0 bridgehead atoms. The second-order valence-corrected chi connectivity index (χ2v) is 3.08. The Balaban J connectivity index is 2.02. The van der Waals surface area contributed by atoms with Gasteiger partial charge in [-0.05, 0) is 44.7 Å². The van der Waals surface area contributed by atoms with E-state index in [0.717, 1.165) is 12.3 Å². The Bertz CT molecular complexity index is 79.3. The number of aliphatic hydroxyl groups is 1. The van der Waals surface area contributed by atoms with Gasteiger partial charge in [-0.2, -0.15) is 0 Å². The van der Waals surface area contributed by atoms with Crippen molar-refractivity contribution >= 4 is 0 Å². The molecule has 0 unspecified atom stereocenters. The minimum atomic E-state index is 0.358. The molecule has 2 nitrogen and oxygen atoms in total. The molecule has 1 heterocycles. The summed E-state index contributed by atoms with van der Waals surface area (Å²) in [5.74, 6) is 0.834. The number of rotatable bonds is 3. The standard InChI is InChI=1S/C8H17NO/c10-6-2-4-8-3-1-5-9-7-8/h8-10H,1-7H2/t8-/m0/s1. The van der Waals surface area contributed by atoms with Gasteiger partial charge < -0.3 is 10.4 Å². The van der Waals surface area contributed by atoms with Crippen molar-refractivity contribution in [3.05, 3.63) is 0 Å². The van der Waals surface area contributed by atoms with E-state index >= 15 is 0 Å². The van der Waals surface area contributed by atoms with E-state index in [1.165, 1.54) is 32.4 Å². The lowest BCUT2D eigenvalue weighted by Crippen LogP contribution is -2.29. The zero-order chi connectivity index (χ0) is 7.23. The highest BCUT2D eigenvalue weighted by atomic mass is 16.2. The third-order valence-corrected chi connectivity index (χ3v) is 2.17. The first-order valence-corrected chi connectivity index (χ1v) is 4.25. The molecule has 0 radical (unpaired) electrons. The van der Waals surface area contributed by atoms with Crippen LogP contribution in [-0.2, 0) is 0 Å². The molecule has 1 rings (SSSR count). The van der Waals surface area contributed by atoms with Crippen molar-refractivity contribution in [1.82, 2.24) is 5.32 Å². The SMILES string of the molecule is OCCC[C@@H]1CCCNC1. The molecule has 0 aliphatic carbocycles. The first-order valence-electron chi connectivity index (χ1n) is 4.25. The lowest BCUT2D eigenvalue weighted by molar-refractivity contribution is 0.258. The summed E-state index contributed by atoms with van der Waals surface area (Å²) in [6.45, 7) is 2.71. The van der Waals surface area contributed by atoms with Gasteiger partial charge in [0.2, 0.25) is 0 Å². The number of nitrogens with one attached hydrogen (secondary N) is 1. The molecule has 0 aromatic carbocycles. The van der Waals surface area contributed by atoms with Crippen LogP contribution < -0.4 is 5.32 Å². The molecule has 0 amide bonds. The average molecular weight is 143 g/mol. The van der Waals surface area contributed by atoms with Crippen LogP contribution in [0.15, 0.2) is 0 Å². The predicted octanol–water partition coefficient (Wildman–Crippen LogP) is 0.758. The van der Waals surface area contributed by atoms with Crippen molar-refractivity contribution in [3.63, 3.8) is 0 Å². The summed E-state index contributed by atoms with van der Waals surface area (Å²) in [5.41, 5.74) is 0. The van der Waals surface area contributed by atoms with Crippen LogP contribution in [-0.4, -0.2) is 24.8 Å². The van der Waals surface area contributed by atoms with Crippen molar-refractivity contribution in [2.45, 2.75) is 25.7 Å². The molecule has 0 saturated carbocycles. The number of piperidine rings is 1. The summed E-state index contributed by atoms with van der Waals surface area (Å²) in [5, 5.41) is 11.9. The Morgan fingerprint density at radius 2 is 2.40 bits per heavy atom. The molecule has 10 heavy (non-hydrogen) atoms. The van der Waals surface area contributed by atoms with E-state index in [-0.39, 0.29) is 0 Å². The molecule has 1 saturated heterocycles. The predicted molar refractivity (Wildman–Crippen MR) is 41.9 cm³/mol. The van der Waals surface area contributed by atoms with Gasteiger partial charge in [0.1, 0.15) is 0 Å². The Kier molecular flexibility index (Phi) is 3.76.